The minimum Gasteiger partial charge on any atom is -0.369 e. The zero-order valence-electron chi connectivity index (χ0n) is 16.0. The van der Waals surface area contributed by atoms with Crippen molar-refractivity contribution >= 4 is 17.3 Å². The molecule has 0 spiro atoms. The Hall–Kier alpha value is -2.92. The van der Waals surface area contributed by atoms with E-state index in [-0.39, 0.29) is 5.91 Å². The molecule has 1 aromatic rings. The number of rotatable bonds is 4. The molecule has 0 bridgehead atoms. The van der Waals surface area contributed by atoms with Crippen LogP contribution in [0.1, 0.15) is 17.3 Å². The lowest BCUT2D eigenvalue weighted by molar-refractivity contribution is 0.0968. The van der Waals surface area contributed by atoms with Gasteiger partial charge in [0.2, 0.25) is 0 Å². The molecular weight excluding hydrogens is 336 g/mol. The summed E-state index contributed by atoms with van der Waals surface area (Å²) in [5.74, 6) is -0.151. The molecule has 5 nitrogen and oxygen atoms in total. The van der Waals surface area contributed by atoms with Crippen molar-refractivity contribution in [3.05, 3.63) is 78.2 Å². The Bertz CT molecular complexity index is 822. The van der Waals surface area contributed by atoms with Gasteiger partial charge in [0.15, 0.2) is 0 Å². The van der Waals surface area contributed by atoms with Crippen molar-refractivity contribution in [2.45, 2.75) is 6.92 Å². The lowest BCUT2D eigenvalue weighted by Gasteiger charge is -2.34. The fourth-order valence-electron chi connectivity index (χ4n) is 3.08. The molecule has 1 N–H and O–H groups in total. The van der Waals surface area contributed by atoms with E-state index < -0.39 is 0 Å². The molecule has 2 aliphatic rings. The number of carbonyl (C=O) groups is 1. The Labute approximate surface area is 161 Å². The second-order valence-electron chi connectivity index (χ2n) is 6.72. The summed E-state index contributed by atoms with van der Waals surface area (Å²) in [7, 11) is 2.14. The summed E-state index contributed by atoms with van der Waals surface area (Å²) in [6, 6.07) is 7.78. The van der Waals surface area contributed by atoms with Crippen LogP contribution >= 0.6 is 0 Å². The first-order chi connectivity index (χ1) is 13.1. The maximum atomic E-state index is 12.7. The van der Waals surface area contributed by atoms with Crippen molar-refractivity contribution in [2.75, 3.05) is 38.1 Å². The Kier molecular flexibility index (Phi) is 6.04. The predicted molar refractivity (Wildman–Crippen MR) is 112 cm³/mol. The molecule has 1 fully saturated rings. The van der Waals surface area contributed by atoms with E-state index in [4.69, 9.17) is 0 Å². The number of likely N-dealkylation sites (N-methyl/N-ethyl adjacent to an activating group) is 1. The minimum atomic E-state index is -0.151. The summed E-state index contributed by atoms with van der Waals surface area (Å²) in [4.78, 5) is 21.7. The normalized spacial score (nSPS) is 19.6. The highest BCUT2D eigenvalue weighted by atomic mass is 16.1. The molecule has 0 saturated carbocycles. The van der Waals surface area contributed by atoms with Crippen LogP contribution in [0.15, 0.2) is 77.6 Å². The zero-order valence-corrected chi connectivity index (χ0v) is 16.0. The van der Waals surface area contributed by atoms with E-state index in [0.717, 1.165) is 37.4 Å². The van der Waals surface area contributed by atoms with Gasteiger partial charge in [0.05, 0.1) is 11.4 Å². The number of aliphatic imine (C=N–C) groups is 1. The van der Waals surface area contributed by atoms with E-state index in [0.29, 0.717) is 17.0 Å². The Balaban J connectivity index is 1.70. The third-order valence-corrected chi connectivity index (χ3v) is 4.72. The van der Waals surface area contributed by atoms with Crippen LogP contribution in [0.3, 0.4) is 0 Å². The molecule has 0 unspecified atom stereocenters. The number of nitrogens with one attached hydrogen (secondary N) is 1. The SMILES string of the molecule is C=C1C=CC=C(NC(=O)c2ccc(N3CCN(C)CC3)cc2)C1=N/C=C\C. The number of benzene rings is 1. The molecule has 0 radical (unpaired) electrons. The van der Waals surface area contributed by atoms with Crippen molar-refractivity contribution in [3.63, 3.8) is 0 Å². The van der Waals surface area contributed by atoms with E-state index in [2.05, 4.69) is 33.7 Å². The molecule has 27 heavy (non-hydrogen) atoms. The second-order valence-corrected chi connectivity index (χ2v) is 6.72. The molecule has 1 saturated heterocycles. The van der Waals surface area contributed by atoms with Crippen molar-refractivity contribution in [2.24, 2.45) is 4.99 Å². The standard InChI is InChI=1S/C22H26N4O/c1-4-12-23-21-17(2)6-5-7-20(21)24-22(27)18-8-10-19(11-9-18)26-15-13-25(3)14-16-26/h4-12H,2,13-16H2,1,3H3,(H,24,27)/b12-4-,23-21?. The first-order valence-corrected chi connectivity index (χ1v) is 9.20. The zero-order chi connectivity index (χ0) is 19.2. The van der Waals surface area contributed by atoms with Crippen LogP contribution in [0.2, 0.25) is 0 Å². The molecule has 1 aliphatic heterocycles. The van der Waals surface area contributed by atoms with Gasteiger partial charge in [0, 0.05) is 43.6 Å². The third-order valence-electron chi connectivity index (χ3n) is 4.72. The molecule has 1 heterocycles. The summed E-state index contributed by atoms with van der Waals surface area (Å²) in [5, 5.41) is 2.95. The van der Waals surface area contributed by atoms with Gasteiger partial charge in [0.25, 0.3) is 5.91 Å². The van der Waals surface area contributed by atoms with Gasteiger partial charge in [-0.2, -0.15) is 0 Å². The van der Waals surface area contributed by atoms with Gasteiger partial charge in [-0.1, -0.05) is 24.8 Å². The lowest BCUT2D eigenvalue weighted by Crippen LogP contribution is -2.44. The minimum absolute atomic E-state index is 0.151. The highest BCUT2D eigenvalue weighted by Gasteiger charge is 2.17. The van der Waals surface area contributed by atoms with E-state index >= 15 is 0 Å². The lowest BCUT2D eigenvalue weighted by atomic mass is 10.0. The first kappa shape index (κ1) is 18.9. The summed E-state index contributed by atoms with van der Waals surface area (Å²) in [6.07, 6.45) is 9.12. The average Bonchev–Trinajstić information content (AvgIpc) is 2.68. The summed E-state index contributed by atoms with van der Waals surface area (Å²) in [5.41, 5.74) is 3.89. The maximum absolute atomic E-state index is 12.7. The second kappa shape index (κ2) is 8.64. The molecule has 0 aromatic heterocycles. The van der Waals surface area contributed by atoms with Gasteiger partial charge >= 0.3 is 0 Å². The van der Waals surface area contributed by atoms with E-state index in [1.165, 1.54) is 0 Å². The van der Waals surface area contributed by atoms with Crippen molar-refractivity contribution in [1.29, 1.82) is 0 Å². The maximum Gasteiger partial charge on any atom is 0.255 e. The largest absolute Gasteiger partial charge is 0.369 e. The molecule has 1 amide bonds. The van der Waals surface area contributed by atoms with Crippen LogP contribution in [-0.4, -0.2) is 49.7 Å². The van der Waals surface area contributed by atoms with Crippen LogP contribution in [0.4, 0.5) is 5.69 Å². The smallest absolute Gasteiger partial charge is 0.255 e. The molecular formula is C22H26N4O. The highest BCUT2D eigenvalue weighted by molar-refractivity contribution is 6.17. The van der Waals surface area contributed by atoms with E-state index in [1.54, 1.807) is 6.20 Å². The Morgan fingerprint density at radius 3 is 2.56 bits per heavy atom. The van der Waals surface area contributed by atoms with Gasteiger partial charge < -0.3 is 15.1 Å². The number of amides is 1. The van der Waals surface area contributed by atoms with Crippen LogP contribution in [-0.2, 0) is 0 Å². The molecule has 1 aliphatic carbocycles. The van der Waals surface area contributed by atoms with Crippen LogP contribution in [0.25, 0.3) is 0 Å². The number of hydrogen-bond donors (Lipinski definition) is 1. The Morgan fingerprint density at radius 1 is 1.19 bits per heavy atom. The predicted octanol–water partition coefficient (Wildman–Crippen LogP) is 3.15. The number of hydrogen-bond acceptors (Lipinski definition) is 4. The number of piperazine rings is 1. The average molecular weight is 362 g/mol. The number of carbonyl (C=O) groups excluding carboxylic acids is 1. The summed E-state index contributed by atoms with van der Waals surface area (Å²) >= 11 is 0. The fourth-order valence-corrected chi connectivity index (χ4v) is 3.08. The van der Waals surface area contributed by atoms with Gasteiger partial charge in [0.1, 0.15) is 0 Å². The molecule has 3 rings (SSSR count). The summed E-state index contributed by atoms with van der Waals surface area (Å²) < 4.78 is 0. The number of nitrogens with zero attached hydrogens (tertiary/aromatic N) is 3. The van der Waals surface area contributed by atoms with Gasteiger partial charge in [-0.25, -0.2) is 0 Å². The van der Waals surface area contributed by atoms with Gasteiger partial charge in [-0.05, 0) is 49.9 Å². The highest BCUT2D eigenvalue weighted by Crippen LogP contribution is 2.18. The molecule has 0 atom stereocenters. The molecule has 140 valence electrons. The number of anilines is 1. The monoisotopic (exact) mass is 362 g/mol. The summed E-state index contributed by atoms with van der Waals surface area (Å²) in [6.45, 7) is 10.0. The molecule has 1 aromatic carbocycles. The quantitative estimate of drug-likeness (QED) is 0.895. The van der Waals surface area contributed by atoms with Crippen LogP contribution in [0, 0.1) is 0 Å². The van der Waals surface area contributed by atoms with Crippen LogP contribution < -0.4 is 10.2 Å². The van der Waals surface area contributed by atoms with Crippen LogP contribution in [0.5, 0.6) is 0 Å². The fraction of sp³-hybridized carbons (Fsp3) is 0.273. The molecule has 5 heteroatoms. The van der Waals surface area contributed by atoms with E-state index in [1.807, 2.05) is 55.5 Å². The van der Waals surface area contributed by atoms with Gasteiger partial charge in [-0.3, -0.25) is 9.79 Å². The number of allylic oxidation sites excluding steroid dienone is 5. The first-order valence-electron chi connectivity index (χ1n) is 9.20. The van der Waals surface area contributed by atoms with Crippen molar-refractivity contribution < 1.29 is 4.79 Å². The topological polar surface area (TPSA) is 47.9 Å². The Morgan fingerprint density at radius 2 is 1.89 bits per heavy atom. The van der Waals surface area contributed by atoms with Crippen molar-refractivity contribution in [3.8, 4) is 0 Å². The third kappa shape index (κ3) is 4.63. The van der Waals surface area contributed by atoms with Gasteiger partial charge in [-0.15, -0.1) is 0 Å². The van der Waals surface area contributed by atoms with E-state index in [9.17, 15) is 4.79 Å². The van der Waals surface area contributed by atoms with Crippen molar-refractivity contribution in [1.82, 2.24) is 10.2 Å².